The molecule has 1 N–H and O–H groups in total. The molecule has 0 aliphatic rings. The number of benzene rings is 2. The van der Waals surface area contributed by atoms with Crippen LogP contribution in [0, 0.1) is 6.92 Å². The molecule has 0 aliphatic carbocycles. The third kappa shape index (κ3) is 5.46. The van der Waals surface area contributed by atoms with Crippen LogP contribution < -0.4 is 4.72 Å². The standard InChI is InChI=1S/C19H21NO4S/c1-14(2)24-19(21)18(13-16-7-5-4-6-8-16)20-25(22,23)17-11-9-15(3)10-12-17/h4-14,20H,1-3H3/b18-13-. The van der Waals surface area contributed by atoms with E-state index in [0.29, 0.717) is 5.56 Å². The van der Waals surface area contributed by atoms with Crippen molar-refractivity contribution in [2.45, 2.75) is 31.8 Å². The summed E-state index contributed by atoms with van der Waals surface area (Å²) in [5.41, 5.74) is 1.49. The predicted octanol–water partition coefficient (Wildman–Crippen LogP) is 3.27. The molecule has 132 valence electrons. The van der Waals surface area contributed by atoms with Gasteiger partial charge in [0, 0.05) is 0 Å². The summed E-state index contributed by atoms with van der Waals surface area (Å²) in [5.74, 6) is -0.727. The van der Waals surface area contributed by atoms with E-state index in [1.54, 1.807) is 50.2 Å². The average molecular weight is 359 g/mol. The molecule has 0 aliphatic heterocycles. The van der Waals surface area contributed by atoms with Gasteiger partial charge in [-0.25, -0.2) is 13.2 Å². The van der Waals surface area contributed by atoms with E-state index in [1.165, 1.54) is 18.2 Å². The van der Waals surface area contributed by atoms with Crippen molar-refractivity contribution >= 4 is 22.1 Å². The van der Waals surface area contributed by atoms with Gasteiger partial charge in [0.15, 0.2) is 0 Å². The Morgan fingerprint density at radius 1 is 1.04 bits per heavy atom. The summed E-state index contributed by atoms with van der Waals surface area (Å²) < 4.78 is 32.6. The van der Waals surface area contributed by atoms with Crippen LogP contribution in [0.15, 0.2) is 65.2 Å². The van der Waals surface area contributed by atoms with Crippen LogP contribution >= 0.6 is 0 Å². The van der Waals surface area contributed by atoms with E-state index in [1.807, 2.05) is 13.0 Å². The van der Waals surface area contributed by atoms with E-state index in [0.717, 1.165) is 5.56 Å². The fourth-order valence-corrected chi connectivity index (χ4v) is 3.09. The maximum Gasteiger partial charge on any atom is 0.355 e. The molecule has 25 heavy (non-hydrogen) atoms. The van der Waals surface area contributed by atoms with Gasteiger partial charge in [-0.05, 0) is 44.5 Å². The molecule has 0 heterocycles. The Bertz CT molecular complexity index is 854. The summed E-state index contributed by atoms with van der Waals surface area (Å²) in [6.07, 6.45) is 1.09. The van der Waals surface area contributed by atoms with Crippen molar-refractivity contribution in [3.63, 3.8) is 0 Å². The van der Waals surface area contributed by atoms with Crippen LogP contribution in [-0.2, 0) is 19.6 Å². The Kier molecular flexibility index (Phi) is 5.98. The van der Waals surface area contributed by atoms with Crippen molar-refractivity contribution in [2.75, 3.05) is 0 Å². The van der Waals surface area contributed by atoms with Crippen molar-refractivity contribution < 1.29 is 17.9 Å². The smallest absolute Gasteiger partial charge is 0.355 e. The van der Waals surface area contributed by atoms with E-state index in [2.05, 4.69) is 4.72 Å². The van der Waals surface area contributed by atoms with Crippen molar-refractivity contribution in [2.24, 2.45) is 0 Å². The summed E-state index contributed by atoms with van der Waals surface area (Å²) in [6.45, 7) is 5.27. The number of hydrogen-bond donors (Lipinski definition) is 1. The summed E-state index contributed by atoms with van der Waals surface area (Å²) in [4.78, 5) is 12.4. The highest BCUT2D eigenvalue weighted by Crippen LogP contribution is 2.14. The second kappa shape index (κ2) is 7.98. The zero-order chi connectivity index (χ0) is 18.4. The largest absolute Gasteiger partial charge is 0.458 e. The monoisotopic (exact) mass is 359 g/mol. The topological polar surface area (TPSA) is 72.5 Å². The van der Waals surface area contributed by atoms with Gasteiger partial charge in [0.25, 0.3) is 10.0 Å². The molecule has 2 aromatic rings. The highest BCUT2D eigenvalue weighted by atomic mass is 32.2. The molecule has 0 saturated heterocycles. The molecule has 2 aromatic carbocycles. The molecular formula is C19H21NO4S. The molecule has 6 heteroatoms. The zero-order valence-corrected chi connectivity index (χ0v) is 15.2. The first-order valence-corrected chi connectivity index (χ1v) is 9.33. The first-order chi connectivity index (χ1) is 11.8. The molecule has 5 nitrogen and oxygen atoms in total. The number of sulfonamides is 1. The van der Waals surface area contributed by atoms with Gasteiger partial charge in [0.1, 0.15) is 5.70 Å². The first kappa shape index (κ1) is 18.7. The molecule has 0 bridgehead atoms. The van der Waals surface area contributed by atoms with Crippen LogP contribution in [0.25, 0.3) is 6.08 Å². The van der Waals surface area contributed by atoms with Gasteiger partial charge in [0.05, 0.1) is 11.0 Å². The molecule has 0 amide bonds. The number of ether oxygens (including phenoxy) is 1. The van der Waals surface area contributed by atoms with Crippen molar-refractivity contribution in [3.8, 4) is 0 Å². The third-order valence-corrected chi connectivity index (χ3v) is 4.63. The van der Waals surface area contributed by atoms with Crippen LogP contribution in [0.1, 0.15) is 25.0 Å². The number of carbonyl (C=O) groups is 1. The van der Waals surface area contributed by atoms with E-state index in [4.69, 9.17) is 4.74 Å². The quantitative estimate of drug-likeness (QED) is 0.635. The van der Waals surface area contributed by atoms with E-state index < -0.39 is 16.0 Å². The number of carbonyl (C=O) groups excluding carboxylic acids is 1. The van der Waals surface area contributed by atoms with Crippen LogP contribution in [0.2, 0.25) is 0 Å². The lowest BCUT2D eigenvalue weighted by Gasteiger charge is -2.14. The Labute approximate surface area is 148 Å². The predicted molar refractivity (Wildman–Crippen MR) is 97.1 cm³/mol. The number of aryl methyl sites for hydroxylation is 1. The van der Waals surface area contributed by atoms with Crippen molar-refractivity contribution in [3.05, 3.63) is 71.4 Å². The van der Waals surface area contributed by atoms with Gasteiger partial charge in [-0.2, -0.15) is 0 Å². The molecule has 2 rings (SSSR count). The lowest BCUT2D eigenvalue weighted by molar-refractivity contribution is -0.142. The second-order valence-corrected chi connectivity index (χ2v) is 7.52. The molecule has 0 radical (unpaired) electrons. The van der Waals surface area contributed by atoms with Gasteiger partial charge < -0.3 is 4.74 Å². The van der Waals surface area contributed by atoms with E-state index >= 15 is 0 Å². The molecule has 0 atom stereocenters. The van der Waals surface area contributed by atoms with Crippen LogP contribution in [0.4, 0.5) is 0 Å². The number of esters is 1. The van der Waals surface area contributed by atoms with Crippen molar-refractivity contribution in [1.29, 1.82) is 0 Å². The molecule has 0 saturated carbocycles. The van der Waals surface area contributed by atoms with Gasteiger partial charge in [-0.1, -0.05) is 48.0 Å². The minimum atomic E-state index is -3.90. The average Bonchev–Trinajstić information content (AvgIpc) is 2.55. The Balaban J connectivity index is 2.37. The van der Waals surface area contributed by atoms with E-state index in [9.17, 15) is 13.2 Å². The normalized spacial score (nSPS) is 12.1. The van der Waals surface area contributed by atoms with Crippen LogP contribution in [0.5, 0.6) is 0 Å². The number of rotatable bonds is 6. The number of nitrogens with one attached hydrogen (secondary N) is 1. The Hall–Kier alpha value is -2.60. The third-order valence-electron chi connectivity index (χ3n) is 3.25. The SMILES string of the molecule is Cc1ccc(S(=O)(=O)N/C(=C\c2ccccc2)C(=O)OC(C)C)cc1. The molecule has 0 spiro atoms. The maximum absolute atomic E-state index is 12.6. The first-order valence-electron chi connectivity index (χ1n) is 7.85. The lowest BCUT2D eigenvalue weighted by atomic mass is 10.2. The Morgan fingerprint density at radius 3 is 2.20 bits per heavy atom. The summed E-state index contributed by atoms with van der Waals surface area (Å²) in [7, 11) is -3.90. The van der Waals surface area contributed by atoms with Gasteiger partial charge in [-0.15, -0.1) is 0 Å². The summed E-state index contributed by atoms with van der Waals surface area (Å²) >= 11 is 0. The van der Waals surface area contributed by atoms with Gasteiger partial charge in [0.2, 0.25) is 0 Å². The van der Waals surface area contributed by atoms with Gasteiger partial charge >= 0.3 is 5.97 Å². The molecule has 0 unspecified atom stereocenters. The molecule has 0 aromatic heterocycles. The summed E-state index contributed by atoms with van der Waals surface area (Å²) in [6, 6.07) is 15.3. The van der Waals surface area contributed by atoms with Gasteiger partial charge in [-0.3, -0.25) is 4.72 Å². The highest BCUT2D eigenvalue weighted by molar-refractivity contribution is 7.89. The molecule has 0 fully saturated rings. The lowest BCUT2D eigenvalue weighted by Crippen LogP contribution is -2.29. The van der Waals surface area contributed by atoms with E-state index in [-0.39, 0.29) is 16.7 Å². The minimum Gasteiger partial charge on any atom is -0.458 e. The Morgan fingerprint density at radius 2 is 1.64 bits per heavy atom. The van der Waals surface area contributed by atoms with Crippen LogP contribution in [0.3, 0.4) is 0 Å². The summed E-state index contributed by atoms with van der Waals surface area (Å²) in [5, 5.41) is 0. The minimum absolute atomic E-state index is 0.0782. The fourth-order valence-electron chi connectivity index (χ4n) is 2.04. The second-order valence-electron chi connectivity index (χ2n) is 5.84. The number of hydrogen-bond acceptors (Lipinski definition) is 4. The maximum atomic E-state index is 12.6. The zero-order valence-electron chi connectivity index (χ0n) is 14.4. The highest BCUT2D eigenvalue weighted by Gasteiger charge is 2.21. The fraction of sp³-hybridized carbons (Fsp3) is 0.211. The van der Waals surface area contributed by atoms with Crippen LogP contribution in [-0.4, -0.2) is 20.5 Å². The van der Waals surface area contributed by atoms with Crippen molar-refractivity contribution in [1.82, 2.24) is 4.72 Å². The molecular weight excluding hydrogens is 338 g/mol.